The highest BCUT2D eigenvalue weighted by atomic mass is 16.5. The average molecular weight is 486 g/mol. The Balaban J connectivity index is 1.12. The molecule has 2 aromatic carbocycles. The Morgan fingerprint density at radius 1 is 1.03 bits per heavy atom. The van der Waals surface area contributed by atoms with Crippen molar-refractivity contribution in [3.05, 3.63) is 90.4 Å². The van der Waals surface area contributed by atoms with Gasteiger partial charge >= 0.3 is 6.03 Å². The quantitative estimate of drug-likeness (QED) is 0.342. The Hall–Kier alpha value is -4.37. The van der Waals surface area contributed by atoms with E-state index in [0.717, 1.165) is 30.8 Å². The Bertz CT molecular complexity index is 1310. The third kappa shape index (κ3) is 6.00. The number of nitrogens with zero attached hydrogens (tertiary/aromatic N) is 2. The molecule has 3 heterocycles. The van der Waals surface area contributed by atoms with Crippen LogP contribution in [0.25, 0.3) is 5.65 Å². The summed E-state index contributed by atoms with van der Waals surface area (Å²) in [5.74, 6) is 0.316. The van der Waals surface area contributed by atoms with Crippen LogP contribution in [0, 0.1) is 0 Å². The zero-order chi connectivity index (χ0) is 24.7. The van der Waals surface area contributed by atoms with Crippen molar-refractivity contribution in [3.63, 3.8) is 0 Å². The van der Waals surface area contributed by atoms with Gasteiger partial charge in [-0.25, -0.2) is 9.78 Å². The maximum Gasteiger partial charge on any atom is 0.319 e. The minimum absolute atomic E-state index is 0.0863. The van der Waals surface area contributed by atoms with Gasteiger partial charge in [0, 0.05) is 42.5 Å². The number of ether oxygens (including phenoxy) is 2. The highest BCUT2D eigenvalue weighted by molar-refractivity contribution is 6.04. The molecule has 4 aromatic rings. The molecule has 1 atom stereocenters. The van der Waals surface area contributed by atoms with Crippen LogP contribution in [-0.4, -0.2) is 40.6 Å². The van der Waals surface area contributed by atoms with E-state index >= 15 is 0 Å². The molecule has 0 aliphatic carbocycles. The van der Waals surface area contributed by atoms with E-state index in [9.17, 15) is 9.59 Å². The molecule has 184 valence electrons. The zero-order valence-electron chi connectivity index (χ0n) is 19.6. The fourth-order valence-electron chi connectivity index (χ4n) is 3.97. The largest absolute Gasteiger partial charge is 0.487 e. The molecule has 1 fully saturated rings. The second kappa shape index (κ2) is 10.9. The predicted octanol–water partition coefficient (Wildman–Crippen LogP) is 4.47. The number of nitrogens with one attached hydrogen (secondary N) is 3. The lowest BCUT2D eigenvalue weighted by Gasteiger charge is -2.12. The molecule has 3 amide bonds. The van der Waals surface area contributed by atoms with E-state index in [0.29, 0.717) is 35.8 Å². The topological polar surface area (TPSA) is 106 Å². The molecule has 0 spiro atoms. The number of pyridine rings is 1. The number of hydrogen-bond acceptors (Lipinski definition) is 5. The van der Waals surface area contributed by atoms with Gasteiger partial charge in [0.1, 0.15) is 18.0 Å². The van der Waals surface area contributed by atoms with Crippen LogP contribution in [0.3, 0.4) is 0 Å². The van der Waals surface area contributed by atoms with Crippen LogP contribution in [0.2, 0.25) is 0 Å². The SMILES string of the molecule is O=C(NCC1CCCO1)Nc1ccc(NC(=O)c2cccc(OCc3cn4ccccc4n3)c2)cc1. The number of aromatic nitrogens is 2. The highest BCUT2D eigenvalue weighted by Crippen LogP contribution is 2.19. The molecule has 0 bridgehead atoms. The molecular weight excluding hydrogens is 458 g/mol. The Morgan fingerprint density at radius 2 is 1.86 bits per heavy atom. The molecule has 36 heavy (non-hydrogen) atoms. The van der Waals surface area contributed by atoms with E-state index in [4.69, 9.17) is 9.47 Å². The maximum atomic E-state index is 12.8. The molecular formula is C27H27N5O4. The van der Waals surface area contributed by atoms with Crippen LogP contribution in [0.4, 0.5) is 16.2 Å². The van der Waals surface area contributed by atoms with Crippen LogP contribution in [0.15, 0.2) is 79.1 Å². The van der Waals surface area contributed by atoms with Gasteiger partial charge in [0.25, 0.3) is 5.91 Å². The molecule has 3 N–H and O–H groups in total. The van der Waals surface area contributed by atoms with Gasteiger partial charge in [-0.3, -0.25) is 4.79 Å². The number of imidazole rings is 1. The summed E-state index contributed by atoms with van der Waals surface area (Å²) < 4.78 is 13.3. The summed E-state index contributed by atoms with van der Waals surface area (Å²) in [5, 5.41) is 8.46. The van der Waals surface area contributed by atoms with Crippen LogP contribution in [0.1, 0.15) is 28.9 Å². The molecule has 1 saturated heterocycles. The molecule has 1 unspecified atom stereocenters. The summed E-state index contributed by atoms with van der Waals surface area (Å²) in [6, 6.07) is 19.4. The van der Waals surface area contributed by atoms with Crippen molar-refractivity contribution in [2.24, 2.45) is 0 Å². The van der Waals surface area contributed by atoms with Crippen molar-refractivity contribution >= 4 is 29.0 Å². The second-order valence-corrected chi connectivity index (χ2v) is 8.52. The van der Waals surface area contributed by atoms with Gasteiger partial charge in [0.2, 0.25) is 0 Å². The summed E-state index contributed by atoms with van der Waals surface area (Å²) in [6.07, 6.45) is 5.93. The molecule has 1 aliphatic rings. The summed E-state index contributed by atoms with van der Waals surface area (Å²) >= 11 is 0. The van der Waals surface area contributed by atoms with Crippen molar-refractivity contribution in [2.75, 3.05) is 23.8 Å². The molecule has 5 rings (SSSR count). The lowest BCUT2D eigenvalue weighted by molar-refractivity contribution is 0.102. The first kappa shape index (κ1) is 23.4. The normalized spacial score (nSPS) is 14.9. The fraction of sp³-hybridized carbons (Fsp3) is 0.222. The number of carbonyl (C=O) groups is 2. The van der Waals surface area contributed by atoms with Crippen LogP contribution < -0.4 is 20.7 Å². The number of rotatable bonds is 8. The summed E-state index contributed by atoms with van der Waals surface area (Å²) in [5.41, 5.74) is 3.36. The van der Waals surface area contributed by atoms with Gasteiger partial charge in [-0.15, -0.1) is 0 Å². The maximum absolute atomic E-state index is 12.8. The number of carbonyl (C=O) groups excluding carboxylic acids is 2. The van der Waals surface area contributed by atoms with E-state index < -0.39 is 0 Å². The molecule has 1 aliphatic heterocycles. The first-order valence-corrected chi connectivity index (χ1v) is 11.9. The van der Waals surface area contributed by atoms with E-state index in [2.05, 4.69) is 20.9 Å². The van der Waals surface area contributed by atoms with Crippen molar-refractivity contribution in [2.45, 2.75) is 25.6 Å². The third-order valence-electron chi connectivity index (χ3n) is 5.81. The number of anilines is 2. The van der Waals surface area contributed by atoms with Gasteiger partial charge in [0.15, 0.2) is 0 Å². The average Bonchev–Trinajstić information content (AvgIpc) is 3.57. The van der Waals surface area contributed by atoms with Crippen LogP contribution in [-0.2, 0) is 11.3 Å². The summed E-state index contributed by atoms with van der Waals surface area (Å²) in [4.78, 5) is 29.3. The van der Waals surface area contributed by atoms with Gasteiger partial charge in [-0.1, -0.05) is 12.1 Å². The first-order chi connectivity index (χ1) is 17.6. The number of fused-ring (bicyclic) bond motifs is 1. The van der Waals surface area contributed by atoms with Crippen LogP contribution in [0.5, 0.6) is 5.75 Å². The van der Waals surface area contributed by atoms with Crippen molar-refractivity contribution in [1.29, 1.82) is 0 Å². The number of amides is 3. The zero-order valence-corrected chi connectivity index (χ0v) is 19.6. The highest BCUT2D eigenvalue weighted by Gasteiger charge is 2.16. The van der Waals surface area contributed by atoms with E-state index in [-0.39, 0.29) is 18.0 Å². The number of urea groups is 1. The van der Waals surface area contributed by atoms with Crippen molar-refractivity contribution < 1.29 is 19.1 Å². The minimum Gasteiger partial charge on any atom is -0.487 e. The molecule has 2 aromatic heterocycles. The number of benzene rings is 2. The lowest BCUT2D eigenvalue weighted by atomic mass is 10.2. The van der Waals surface area contributed by atoms with Crippen LogP contribution >= 0.6 is 0 Å². The fourth-order valence-corrected chi connectivity index (χ4v) is 3.97. The van der Waals surface area contributed by atoms with Gasteiger partial charge in [0.05, 0.1) is 11.8 Å². The minimum atomic E-state index is -0.289. The summed E-state index contributed by atoms with van der Waals surface area (Å²) in [7, 11) is 0. The standard InChI is InChI=1S/C27H27N5O4/c33-26(30-20-9-11-21(12-10-20)31-27(34)28-16-24-7-4-14-35-24)19-5-3-6-23(15-19)36-18-22-17-32-13-2-1-8-25(32)29-22/h1-3,5-6,8-13,15,17,24H,4,7,14,16,18H2,(H,30,33)(H2,28,31,34). The monoisotopic (exact) mass is 485 g/mol. The Kier molecular flexibility index (Phi) is 7.09. The number of hydrogen-bond donors (Lipinski definition) is 3. The van der Waals surface area contributed by atoms with Gasteiger partial charge < -0.3 is 29.8 Å². The smallest absolute Gasteiger partial charge is 0.319 e. The molecule has 0 radical (unpaired) electrons. The molecule has 9 nitrogen and oxygen atoms in total. The molecule has 0 saturated carbocycles. The lowest BCUT2D eigenvalue weighted by Crippen LogP contribution is -2.35. The van der Waals surface area contributed by atoms with E-state index in [1.54, 1.807) is 48.5 Å². The Morgan fingerprint density at radius 3 is 2.64 bits per heavy atom. The van der Waals surface area contributed by atoms with E-state index in [1.165, 1.54) is 0 Å². The second-order valence-electron chi connectivity index (χ2n) is 8.52. The van der Waals surface area contributed by atoms with Gasteiger partial charge in [-0.2, -0.15) is 0 Å². The first-order valence-electron chi connectivity index (χ1n) is 11.9. The molecule has 9 heteroatoms. The van der Waals surface area contributed by atoms with Crippen molar-refractivity contribution in [3.8, 4) is 5.75 Å². The van der Waals surface area contributed by atoms with Gasteiger partial charge in [-0.05, 0) is 67.4 Å². The van der Waals surface area contributed by atoms with Crippen molar-refractivity contribution in [1.82, 2.24) is 14.7 Å². The third-order valence-corrected chi connectivity index (χ3v) is 5.81. The predicted molar refractivity (Wildman–Crippen MR) is 136 cm³/mol. The Labute approximate surface area is 208 Å². The summed E-state index contributed by atoms with van der Waals surface area (Å²) in [6.45, 7) is 1.53. The van der Waals surface area contributed by atoms with E-state index in [1.807, 2.05) is 35.0 Å².